The third kappa shape index (κ3) is 3.23. The molecule has 2 N–H and O–H groups in total. The second kappa shape index (κ2) is 6.43. The fraction of sp³-hybridized carbons (Fsp3) is 0.357. The number of thiophene rings is 1. The third-order valence-electron chi connectivity index (χ3n) is 3.26. The molecule has 4 nitrogen and oxygen atoms in total. The van der Waals surface area contributed by atoms with Gasteiger partial charge in [-0.3, -0.25) is 4.79 Å². The topological polar surface area (TPSA) is 59.5 Å². The first kappa shape index (κ1) is 15.1. The minimum Gasteiger partial charge on any atom is -0.467 e. The predicted octanol–water partition coefficient (Wildman–Crippen LogP) is 3.03. The summed E-state index contributed by atoms with van der Waals surface area (Å²) in [7, 11) is 0. The van der Waals surface area contributed by atoms with E-state index < -0.39 is 0 Å². The van der Waals surface area contributed by atoms with Crippen LogP contribution in [-0.4, -0.2) is 16.8 Å². The fourth-order valence-corrected chi connectivity index (χ4v) is 2.79. The summed E-state index contributed by atoms with van der Waals surface area (Å²) in [5, 5.41) is 2.04. The molecule has 0 atom stereocenters. The van der Waals surface area contributed by atoms with E-state index in [-0.39, 0.29) is 18.3 Å². The summed E-state index contributed by atoms with van der Waals surface area (Å²) < 4.78 is 5.25. The van der Waals surface area contributed by atoms with Crippen molar-refractivity contribution in [2.45, 2.75) is 32.0 Å². The molecule has 2 heterocycles. The van der Waals surface area contributed by atoms with Crippen molar-refractivity contribution >= 4 is 29.7 Å². The minimum absolute atomic E-state index is 0. The number of halogens is 1. The molecule has 1 saturated carbocycles. The van der Waals surface area contributed by atoms with Crippen molar-refractivity contribution in [3.63, 3.8) is 0 Å². The van der Waals surface area contributed by atoms with Crippen molar-refractivity contribution < 1.29 is 9.21 Å². The molecule has 0 aliphatic heterocycles. The number of rotatable bonds is 5. The van der Waals surface area contributed by atoms with Crippen LogP contribution >= 0.6 is 23.7 Å². The zero-order valence-electron chi connectivity index (χ0n) is 11.0. The van der Waals surface area contributed by atoms with Crippen molar-refractivity contribution in [3.05, 3.63) is 46.0 Å². The molecule has 0 spiro atoms. The van der Waals surface area contributed by atoms with Crippen LogP contribution in [0.1, 0.15) is 33.8 Å². The molecular weight excluding hydrogens is 296 g/mol. The molecule has 108 valence electrons. The SMILES string of the molecule is Cl.NCc1cc(C(=O)N(Cc2cccs2)C2CC2)co1. The van der Waals surface area contributed by atoms with E-state index in [9.17, 15) is 4.79 Å². The molecule has 6 heteroatoms. The van der Waals surface area contributed by atoms with Crippen LogP contribution in [0.4, 0.5) is 0 Å². The maximum atomic E-state index is 12.5. The summed E-state index contributed by atoms with van der Waals surface area (Å²) in [6.45, 7) is 1.01. The first-order chi connectivity index (χ1) is 9.28. The number of nitrogens with two attached hydrogens (primary N) is 1. The highest BCUT2D eigenvalue weighted by Gasteiger charge is 2.33. The van der Waals surface area contributed by atoms with Crippen LogP contribution in [0.2, 0.25) is 0 Å². The van der Waals surface area contributed by atoms with Crippen LogP contribution in [0, 0.1) is 0 Å². The Hall–Kier alpha value is -1.30. The van der Waals surface area contributed by atoms with Gasteiger partial charge in [-0.1, -0.05) is 6.07 Å². The van der Waals surface area contributed by atoms with Crippen molar-refractivity contribution in [1.82, 2.24) is 4.90 Å². The number of hydrogen-bond acceptors (Lipinski definition) is 4. The molecule has 1 fully saturated rings. The van der Waals surface area contributed by atoms with Gasteiger partial charge in [0.15, 0.2) is 0 Å². The Labute approximate surface area is 128 Å². The molecule has 3 rings (SSSR count). The van der Waals surface area contributed by atoms with Gasteiger partial charge in [0.1, 0.15) is 12.0 Å². The van der Waals surface area contributed by atoms with Gasteiger partial charge < -0.3 is 15.1 Å². The van der Waals surface area contributed by atoms with Crippen molar-refractivity contribution in [1.29, 1.82) is 0 Å². The van der Waals surface area contributed by atoms with Gasteiger partial charge in [0.05, 0.1) is 18.7 Å². The summed E-state index contributed by atoms with van der Waals surface area (Å²) in [4.78, 5) is 15.7. The molecule has 1 amide bonds. The van der Waals surface area contributed by atoms with Crippen LogP contribution in [0.25, 0.3) is 0 Å². The third-order valence-corrected chi connectivity index (χ3v) is 4.12. The summed E-state index contributed by atoms with van der Waals surface area (Å²) in [6, 6.07) is 6.20. The molecule has 0 saturated heterocycles. The highest BCUT2D eigenvalue weighted by molar-refractivity contribution is 7.09. The van der Waals surface area contributed by atoms with Gasteiger partial charge in [-0.15, -0.1) is 23.7 Å². The number of nitrogens with zero attached hydrogens (tertiary/aromatic N) is 1. The van der Waals surface area contributed by atoms with E-state index in [4.69, 9.17) is 10.2 Å². The Bertz CT molecular complexity index is 564. The van der Waals surface area contributed by atoms with Crippen molar-refractivity contribution in [2.24, 2.45) is 5.73 Å². The maximum Gasteiger partial charge on any atom is 0.257 e. The Morgan fingerprint density at radius 3 is 2.85 bits per heavy atom. The van der Waals surface area contributed by atoms with Gasteiger partial charge in [0, 0.05) is 10.9 Å². The summed E-state index contributed by atoms with van der Waals surface area (Å²) in [5.74, 6) is 0.689. The second-order valence-corrected chi connectivity index (χ2v) is 5.78. The number of furan rings is 1. The van der Waals surface area contributed by atoms with Crippen LogP contribution < -0.4 is 5.73 Å². The number of carbonyl (C=O) groups is 1. The molecule has 0 unspecified atom stereocenters. The smallest absolute Gasteiger partial charge is 0.257 e. The molecule has 1 aliphatic rings. The largest absolute Gasteiger partial charge is 0.467 e. The van der Waals surface area contributed by atoms with Crippen LogP contribution in [0.5, 0.6) is 0 Å². The second-order valence-electron chi connectivity index (χ2n) is 4.75. The van der Waals surface area contributed by atoms with E-state index >= 15 is 0 Å². The van der Waals surface area contributed by atoms with E-state index in [0.29, 0.717) is 30.5 Å². The van der Waals surface area contributed by atoms with Gasteiger partial charge in [0.2, 0.25) is 0 Å². The number of amides is 1. The summed E-state index contributed by atoms with van der Waals surface area (Å²) in [6.07, 6.45) is 3.70. The Morgan fingerprint density at radius 2 is 2.30 bits per heavy atom. The Kier molecular flexibility index (Phi) is 4.86. The Balaban J connectivity index is 0.00000147. The molecule has 0 aromatic carbocycles. The molecule has 2 aromatic heterocycles. The predicted molar refractivity (Wildman–Crippen MR) is 81.1 cm³/mol. The molecule has 1 aliphatic carbocycles. The molecular formula is C14H17ClN2O2S. The first-order valence-corrected chi connectivity index (χ1v) is 7.26. The normalized spacial score (nSPS) is 13.8. The lowest BCUT2D eigenvalue weighted by Gasteiger charge is -2.20. The van der Waals surface area contributed by atoms with E-state index in [0.717, 1.165) is 12.8 Å². The lowest BCUT2D eigenvalue weighted by Crippen LogP contribution is -2.32. The van der Waals surface area contributed by atoms with E-state index in [1.165, 1.54) is 11.1 Å². The highest BCUT2D eigenvalue weighted by Crippen LogP contribution is 2.30. The van der Waals surface area contributed by atoms with Gasteiger partial charge in [0.25, 0.3) is 5.91 Å². The lowest BCUT2D eigenvalue weighted by atomic mass is 10.2. The van der Waals surface area contributed by atoms with Crippen molar-refractivity contribution in [3.8, 4) is 0 Å². The zero-order chi connectivity index (χ0) is 13.2. The maximum absolute atomic E-state index is 12.5. The highest BCUT2D eigenvalue weighted by atomic mass is 35.5. The van der Waals surface area contributed by atoms with Crippen LogP contribution in [0.15, 0.2) is 34.3 Å². The average Bonchev–Trinajstić information content (AvgIpc) is 2.95. The summed E-state index contributed by atoms with van der Waals surface area (Å²) in [5.41, 5.74) is 6.11. The van der Waals surface area contributed by atoms with E-state index in [1.54, 1.807) is 17.4 Å². The number of carbonyl (C=O) groups excluding carboxylic acids is 1. The van der Waals surface area contributed by atoms with Gasteiger partial charge in [-0.2, -0.15) is 0 Å². The van der Waals surface area contributed by atoms with Crippen molar-refractivity contribution in [2.75, 3.05) is 0 Å². The molecule has 20 heavy (non-hydrogen) atoms. The van der Waals surface area contributed by atoms with E-state index in [2.05, 4.69) is 6.07 Å². The standard InChI is InChI=1S/C14H16N2O2S.ClH/c15-7-12-6-10(9-18-12)14(17)16(11-3-4-11)8-13-2-1-5-19-13;/h1-2,5-6,9,11H,3-4,7-8,15H2;1H. The van der Waals surface area contributed by atoms with E-state index in [1.807, 2.05) is 16.3 Å². The molecule has 2 aromatic rings. The lowest BCUT2D eigenvalue weighted by molar-refractivity contribution is 0.0731. The van der Waals surface area contributed by atoms with Crippen LogP contribution in [-0.2, 0) is 13.1 Å². The molecule has 0 radical (unpaired) electrons. The average molecular weight is 313 g/mol. The van der Waals surface area contributed by atoms with Gasteiger partial charge in [-0.05, 0) is 30.4 Å². The summed E-state index contributed by atoms with van der Waals surface area (Å²) >= 11 is 1.68. The van der Waals surface area contributed by atoms with Crippen LogP contribution in [0.3, 0.4) is 0 Å². The van der Waals surface area contributed by atoms with Gasteiger partial charge >= 0.3 is 0 Å². The fourth-order valence-electron chi connectivity index (χ4n) is 2.09. The number of hydrogen-bond donors (Lipinski definition) is 1. The first-order valence-electron chi connectivity index (χ1n) is 6.39. The quantitative estimate of drug-likeness (QED) is 0.923. The van der Waals surface area contributed by atoms with Gasteiger partial charge in [-0.25, -0.2) is 0 Å². The zero-order valence-corrected chi connectivity index (χ0v) is 12.6. The Morgan fingerprint density at radius 1 is 1.50 bits per heavy atom. The minimum atomic E-state index is 0. The molecule has 0 bridgehead atoms. The monoisotopic (exact) mass is 312 g/mol.